The van der Waals surface area contributed by atoms with Gasteiger partial charge in [-0.2, -0.15) is 0 Å². The van der Waals surface area contributed by atoms with Crippen LogP contribution < -0.4 is 10.3 Å². The van der Waals surface area contributed by atoms with Crippen LogP contribution in [0.2, 0.25) is 0 Å². The fraction of sp³-hybridized carbons (Fsp3) is 0.353. The van der Waals surface area contributed by atoms with Crippen LogP contribution in [0.5, 0.6) is 11.5 Å². The average molecular weight is 329 g/mol. The van der Waals surface area contributed by atoms with E-state index in [1.165, 1.54) is 13.4 Å². The van der Waals surface area contributed by atoms with Gasteiger partial charge in [0.2, 0.25) is 5.91 Å². The van der Waals surface area contributed by atoms with E-state index in [0.29, 0.717) is 49.4 Å². The first-order valence-corrected chi connectivity index (χ1v) is 7.77. The highest BCUT2D eigenvalue weighted by molar-refractivity contribution is 5.76. The van der Waals surface area contributed by atoms with Crippen molar-refractivity contribution in [3.05, 3.63) is 51.7 Å². The molecule has 0 saturated heterocycles. The number of benzene rings is 1. The van der Waals surface area contributed by atoms with Gasteiger partial charge >= 0.3 is 0 Å². The zero-order valence-electron chi connectivity index (χ0n) is 13.4. The van der Waals surface area contributed by atoms with Crippen LogP contribution in [0.15, 0.2) is 29.3 Å². The molecule has 0 atom stereocenters. The first kappa shape index (κ1) is 16.0. The van der Waals surface area contributed by atoms with Crippen LogP contribution in [-0.4, -0.2) is 39.5 Å². The van der Waals surface area contributed by atoms with Gasteiger partial charge in [0.25, 0.3) is 5.56 Å². The van der Waals surface area contributed by atoms with E-state index in [4.69, 9.17) is 4.74 Å². The summed E-state index contributed by atoms with van der Waals surface area (Å²) in [6, 6.07) is 5.07. The van der Waals surface area contributed by atoms with E-state index in [9.17, 15) is 14.7 Å². The quantitative estimate of drug-likeness (QED) is 0.872. The summed E-state index contributed by atoms with van der Waals surface area (Å²) >= 11 is 0. The van der Waals surface area contributed by atoms with Crippen molar-refractivity contribution in [2.45, 2.75) is 25.8 Å². The van der Waals surface area contributed by atoms with Gasteiger partial charge in [-0.1, -0.05) is 6.07 Å². The van der Waals surface area contributed by atoms with Gasteiger partial charge in [0.05, 0.1) is 25.7 Å². The van der Waals surface area contributed by atoms with E-state index < -0.39 is 0 Å². The number of phenols is 1. The molecular weight excluding hydrogens is 310 g/mol. The maximum atomic E-state index is 12.4. The monoisotopic (exact) mass is 329 g/mol. The molecule has 1 aromatic heterocycles. The summed E-state index contributed by atoms with van der Waals surface area (Å²) in [6.45, 7) is 0.899. The first-order valence-electron chi connectivity index (χ1n) is 7.77. The Kier molecular flexibility index (Phi) is 4.50. The van der Waals surface area contributed by atoms with E-state index in [2.05, 4.69) is 9.97 Å². The smallest absolute Gasteiger partial charge is 0.254 e. The zero-order chi connectivity index (χ0) is 17.1. The van der Waals surface area contributed by atoms with Gasteiger partial charge < -0.3 is 19.7 Å². The summed E-state index contributed by atoms with van der Waals surface area (Å²) in [5.41, 5.74) is 2.14. The summed E-state index contributed by atoms with van der Waals surface area (Å²) in [6.07, 6.45) is 2.81. The number of fused-ring (bicyclic) bond motifs is 1. The van der Waals surface area contributed by atoms with Crippen molar-refractivity contribution in [3.63, 3.8) is 0 Å². The van der Waals surface area contributed by atoms with Crippen LogP contribution in [-0.2, 0) is 24.2 Å². The number of ether oxygens (including phenoxy) is 1. The number of rotatable bonds is 4. The van der Waals surface area contributed by atoms with Crippen molar-refractivity contribution in [1.82, 2.24) is 14.9 Å². The minimum atomic E-state index is -0.122. The van der Waals surface area contributed by atoms with Crippen LogP contribution in [0.3, 0.4) is 0 Å². The molecule has 1 aromatic carbocycles. The molecule has 0 unspecified atom stereocenters. The molecule has 0 spiro atoms. The Labute approximate surface area is 138 Å². The molecule has 2 heterocycles. The number of hydrogen-bond donors (Lipinski definition) is 2. The lowest BCUT2D eigenvalue weighted by molar-refractivity contribution is -0.132. The summed E-state index contributed by atoms with van der Waals surface area (Å²) < 4.78 is 5.07. The topological polar surface area (TPSA) is 95.5 Å². The molecule has 1 amide bonds. The molecule has 2 aromatic rings. The second-order valence-corrected chi connectivity index (χ2v) is 5.73. The second-order valence-electron chi connectivity index (χ2n) is 5.73. The lowest BCUT2D eigenvalue weighted by atomic mass is 10.0. The number of nitrogens with one attached hydrogen (secondary N) is 1. The Morgan fingerprint density at radius 1 is 1.46 bits per heavy atom. The Morgan fingerprint density at radius 2 is 2.29 bits per heavy atom. The maximum absolute atomic E-state index is 12.4. The van der Waals surface area contributed by atoms with Crippen molar-refractivity contribution in [2.24, 2.45) is 0 Å². The standard InChI is InChI=1S/C17H19N3O4/c1-24-15-8-11(2-4-14(15)21)3-5-16(22)20-7-6-12-13(9-20)18-10-19-17(12)23/h2,4,8,10,21H,3,5-7,9H2,1H3,(H,18,19,23). The van der Waals surface area contributed by atoms with Crippen LogP contribution in [0.25, 0.3) is 0 Å². The van der Waals surface area contributed by atoms with Crippen molar-refractivity contribution >= 4 is 5.91 Å². The van der Waals surface area contributed by atoms with Crippen molar-refractivity contribution in [1.29, 1.82) is 0 Å². The average Bonchev–Trinajstić information content (AvgIpc) is 2.60. The van der Waals surface area contributed by atoms with Gasteiger partial charge in [-0.15, -0.1) is 0 Å². The second kappa shape index (κ2) is 6.74. The van der Waals surface area contributed by atoms with Gasteiger partial charge in [-0.05, 0) is 30.5 Å². The summed E-state index contributed by atoms with van der Waals surface area (Å²) in [7, 11) is 1.49. The molecule has 0 bridgehead atoms. The third-order valence-electron chi connectivity index (χ3n) is 4.24. The minimum Gasteiger partial charge on any atom is -0.504 e. The fourth-order valence-electron chi connectivity index (χ4n) is 2.87. The number of aromatic hydroxyl groups is 1. The number of aromatic nitrogens is 2. The molecule has 24 heavy (non-hydrogen) atoms. The van der Waals surface area contributed by atoms with Crippen molar-refractivity contribution < 1.29 is 14.6 Å². The first-order chi connectivity index (χ1) is 11.6. The van der Waals surface area contributed by atoms with Crippen LogP contribution in [0, 0.1) is 0 Å². The molecule has 2 N–H and O–H groups in total. The number of nitrogens with zero attached hydrogens (tertiary/aromatic N) is 2. The van der Waals surface area contributed by atoms with Gasteiger partial charge in [0.1, 0.15) is 0 Å². The molecule has 0 fully saturated rings. The molecule has 0 saturated carbocycles. The van der Waals surface area contributed by atoms with Gasteiger partial charge in [0, 0.05) is 18.5 Å². The van der Waals surface area contributed by atoms with E-state index in [0.717, 1.165) is 5.56 Å². The van der Waals surface area contributed by atoms with Crippen LogP contribution in [0.1, 0.15) is 23.2 Å². The highest BCUT2D eigenvalue weighted by Crippen LogP contribution is 2.27. The van der Waals surface area contributed by atoms with E-state index >= 15 is 0 Å². The van der Waals surface area contributed by atoms with Crippen molar-refractivity contribution in [3.8, 4) is 11.5 Å². The fourth-order valence-corrected chi connectivity index (χ4v) is 2.87. The number of aromatic amines is 1. The number of methoxy groups -OCH3 is 1. The maximum Gasteiger partial charge on any atom is 0.254 e. The lowest BCUT2D eigenvalue weighted by Crippen LogP contribution is -2.39. The third kappa shape index (κ3) is 3.24. The molecule has 0 aliphatic carbocycles. The van der Waals surface area contributed by atoms with Crippen LogP contribution in [0.4, 0.5) is 0 Å². The number of hydrogen-bond acceptors (Lipinski definition) is 5. The predicted octanol–water partition coefficient (Wildman–Crippen LogP) is 1.00. The normalized spacial score (nSPS) is 13.5. The molecule has 126 valence electrons. The minimum absolute atomic E-state index is 0.0229. The molecule has 7 nitrogen and oxygen atoms in total. The number of carbonyl (C=O) groups is 1. The number of carbonyl (C=O) groups excluding carboxylic acids is 1. The number of phenolic OH excluding ortho intramolecular Hbond substituents is 1. The number of aryl methyl sites for hydroxylation is 1. The Morgan fingerprint density at radius 3 is 3.08 bits per heavy atom. The zero-order valence-corrected chi connectivity index (χ0v) is 13.4. The Bertz CT molecular complexity index is 816. The largest absolute Gasteiger partial charge is 0.504 e. The van der Waals surface area contributed by atoms with Crippen LogP contribution >= 0.6 is 0 Å². The molecular formula is C17H19N3O4. The number of amides is 1. The summed E-state index contributed by atoms with van der Waals surface area (Å²) in [4.78, 5) is 32.6. The molecule has 1 aliphatic rings. The van der Waals surface area contributed by atoms with Gasteiger partial charge in [-0.3, -0.25) is 9.59 Å². The van der Waals surface area contributed by atoms with Gasteiger partial charge in [-0.25, -0.2) is 4.98 Å². The SMILES string of the molecule is COc1cc(CCC(=O)N2CCc3c(nc[nH]c3=O)C2)ccc1O. The highest BCUT2D eigenvalue weighted by atomic mass is 16.5. The van der Waals surface area contributed by atoms with Gasteiger partial charge in [0.15, 0.2) is 11.5 Å². The molecule has 0 radical (unpaired) electrons. The molecule has 7 heteroatoms. The van der Waals surface area contributed by atoms with E-state index in [-0.39, 0.29) is 17.2 Å². The number of H-pyrrole nitrogens is 1. The van der Waals surface area contributed by atoms with Crippen molar-refractivity contribution in [2.75, 3.05) is 13.7 Å². The Balaban J connectivity index is 1.63. The third-order valence-corrected chi connectivity index (χ3v) is 4.24. The van der Waals surface area contributed by atoms with E-state index in [1.54, 1.807) is 23.1 Å². The molecule has 3 rings (SSSR count). The lowest BCUT2D eigenvalue weighted by Gasteiger charge is -2.27. The molecule has 1 aliphatic heterocycles. The summed E-state index contributed by atoms with van der Waals surface area (Å²) in [5.74, 6) is 0.501. The predicted molar refractivity (Wildman–Crippen MR) is 87.0 cm³/mol. The highest BCUT2D eigenvalue weighted by Gasteiger charge is 2.23. The Hall–Kier alpha value is -2.83. The van der Waals surface area contributed by atoms with E-state index in [1.807, 2.05) is 0 Å². The summed E-state index contributed by atoms with van der Waals surface area (Å²) in [5, 5.41) is 9.60.